The summed E-state index contributed by atoms with van der Waals surface area (Å²) in [5, 5.41) is 2.69. The summed E-state index contributed by atoms with van der Waals surface area (Å²) in [5.41, 5.74) is 7.51. The first-order valence-corrected chi connectivity index (χ1v) is 7.18. The van der Waals surface area contributed by atoms with Crippen molar-refractivity contribution < 1.29 is 4.79 Å². The third-order valence-corrected chi connectivity index (χ3v) is 3.84. The third kappa shape index (κ3) is 3.99. The van der Waals surface area contributed by atoms with Crippen molar-refractivity contribution in [3.05, 3.63) is 48.2 Å². The van der Waals surface area contributed by atoms with E-state index in [1.807, 2.05) is 44.2 Å². The molecule has 1 aromatic heterocycles. The highest BCUT2D eigenvalue weighted by atomic mass is 32.2. The van der Waals surface area contributed by atoms with Gasteiger partial charge >= 0.3 is 0 Å². The molecule has 0 aliphatic rings. The van der Waals surface area contributed by atoms with Gasteiger partial charge < -0.3 is 11.1 Å². The van der Waals surface area contributed by atoms with E-state index in [2.05, 4.69) is 10.3 Å². The average molecular weight is 287 g/mol. The molecule has 0 bridgehead atoms. The van der Waals surface area contributed by atoms with E-state index in [-0.39, 0.29) is 11.2 Å². The molecule has 0 saturated heterocycles. The Morgan fingerprint density at radius 1 is 1.25 bits per heavy atom. The number of nitrogens with one attached hydrogen (secondary N) is 1. The molecule has 0 saturated carbocycles. The summed E-state index contributed by atoms with van der Waals surface area (Å²) in [6, 6.07) is 11.3. The van der Waals surface area contributed by atoms with Gasteiger partial charge in [-0.25, -0.2) is 4.98 Å². The predicted octanol–water partition coefficient (Wildman–Crippen LogP) is 3.09. The largest absolute Gasteiger partial charge is 0.384 e. The summed E-state index contributed by atoms with van der Waals surface area (Å²) in [6.45, 7) is 3.88. The van der Waals surface area contributed by atoms with E-state index in [0.717, 1.165) is 10.6 Å². The maximum atomic E-state index is 12.1. The number of amides is 1. The first-order valence-electron chi connectivity index (χ1n) is 6.30. The lowest BCUT2D eigenvalue weighted by Crippen LogP contribution is -2.22. The molecule has 1 heterocycles. The van der Waals surface area contributed by atoms with E-state index in [4.69, 9.17) is 5.73 Å². The molecule has 2 rings (SSSR count). The highest BCUT2D eigenvalue weighted by Crippen LogP contribution is 2.24. The Labute approximate surface area is 122 Å². The second kappa shape index (κ2) is 6.43. The zero-order chi connectivity index (χ0) is 14.5. The lowest BCUT2D eigenvalue weighted by molar-refractivity contribution is -0.115. The summed E-state index contributed by atoms with van der Waals surface area (Å²) in [5.74, 6) is 0.446. The van der Waals surface area contributed by atoms with E-state index < -0.39 is 0 Å². The Kier molecular flexibility index (Phi) is 4.63. The van der Waals surface area contributed by atoms with Crippen LogP contribution in [0.3, 0.4) is 0 Å². The van der Waals surface area contributed by atoms with Crippen LogP contribution in [0.5, 0.6) is 0 Å². The Hall–Kier alpha value is -2.01. The van der Waals surface area contributed by atoms with Crippen LogP contribution in [0.15, 0.2) is 47.5 Å². The second-order valence-corrected chi connectivity index (χ2v) is 5.95. The number of benzene rings is 1. The van der Waals surface area contributed by atoms with E-state index in [9.17, 15) is 4.79 Å². The molecule has 5 heteroatoms. The molecule has 3 N–H and O–H groups in total. The van der Waals surface area contributed by atoms with Gasteiger partial charge in [0.15, 0.2) is 0 Å². The zero-order valence-electron chi connectivity index (χ0n) is 11.5. The number of aryl methyl sites for hydroxylation is 1. The molecule has 1 aromatic carbocycles. The number of nitrogen functional groups attached to an aromatic ring is 1. The van der Waals surface area contributed by atoms with Crippen LogP contribution in [-0.2, 0) is 4.79 Å². The number of nitrogens with two attached hydrogens (primary N) is 1. The van der Waals surface area contributed by atoms with Gasteiger partial charge in [0.2, 0.25) is 5.91 Å². The average Bonchev–Trinajstić information content (AvgIpc) is 2.44. The van der Waals surface area contributed by atoms with Gasteiger partial charge in [-0.3, -0.25) is 4.79 Å². The number of carbonyl (C=O) groups excluding carboxylic acids is 1. The first kappa shape index (κ1) is 14.4. The number of hydrogen-bond acceptors (Lipinski definition) is 4. The molecule has 104 valence electrons. The molecule has 0 radical (unpaired) electrons. The molecule has 0 spiro atoms. The number of hydrogen-bond donors (Lipinski definition) is 2. The van der Waals surface area contributed by atoms with Crippen molar-refractivity contribution >= 4 is 29.2 Å². The van der Waals surface area contributed by atoms with E-state index in [0.29, 0.717) is 5.82 Å². The van der Waals surface area contributed by atoms with Crippen LogP contribution in [-0.4, -0.2) is 16.1 Å². The lowest BCUT2D eigenvalue weighted by atomic mass is 10.2. The number of anilines is 2. The lowest BCUT2D eigenvalue weighted by Gasteiger charge is -2.12. The van der Waals surface area contributed by atoms with Crippen molar-refractivity contribution in [2.45, 2.75) is 24.0 Å². The van der Waals surface area contributed by atoms with Gasteiger partial charge in [0.1, 0.15) is 5.82 Å². The molecular weight excluding hydrogens is 270 g/mol. The highest BCUT2D eigenvalue weighted by molar-refractivity contribution is 8.00. The molecule has 20 heavy (non-hydrogen) atoms. The number of thioether (sulfide) groups is 1. The number of rotatable bonds is 4. The molecule has 2 aromatic rings. The van der Waals surface area contributed by atoms with Crippen LogP contribution in [0.2, 0.25) is 0 Å². The molecular formula is C15H17N3OS. The fourth-order valence-corrected chi connectivity index (χ4v) is 2.43. The fourth-order valence-electron chi connectivity index (χ4n) is 1.60. The zero-order valence-corrected chi connectivity index (χ0v) is 12.3. The fraction of sp³-hybridized carbons (Fsp3) is 0.200. The quantitative estimate of drug-likeness (QED) is 0.848. The summed E-state index contributed by atoms with van der Waals surface area (Å²) in [7, 11) is 0. The summed E-state index contributed by atoms with van der Waals surface area (Å²) in [4.78, 5) is 17.0. The van der Waals surface area contributed by atoms with Gasteiger partial charge in [0, 0.05) is 16.8 Å². The Morgan fingerprint density at radius 3 is 2.55 bits per heavy atom. The van der Waals surface area contributed by atoms with Crippen molar-refractivity contribution in [2.24, 2.45) is 0 Å². The van der Waals surface area contributed by atoms with Crippen LogP contribution in [0, 0.1) is 6.92 Å². The van der Waals surface area contributed by atoms with Crippen LogP contribution < -0.4 is 11.1 Å². The van der Waals surface area contributed by atoms with Crippen LogP contribution in [0.1, 0.15) is 12.5 Å². The molecule has 0 fully saturated rings. The normalized spacial score (nSPS) is 11.9. The van der Waals surface area contributed by atoms with Gasteiger partial charge in [0.25, 0.3) is 0 Å². The minimum absolute atomic E-state index is 0.0318. The summed E-state index contributed by atoms with van der Waals surface area (Å²) < 4.78 is 0. The third-order valence-electron chi connectivity index (χ3n) is 2.76. The molecule has 1 amide bonds. The van der Waals surface area contributed by atoms with Gasteiger partial charge in [-0.2, -0.15) is 0 Å². The molecule has 1 unspecified atom stereocenters. The van der Waals surface area contributed by atoms with Crippen LogP contribution >= 0.6 is 11.8 Å². The topological polar surface area (TPSA) is 68.0 Å². The number of carbonyl (C=O) groups is 1. The number of nitrogens with zero attached hydrogens (tertiary/aromatic N) is 1. The van der Waals surface area contributed by atoms with Crippen molar-refractivity contribution in [3.63, 3.8) is 0 Å². The maximum absolute atomic E-state index is 12.1. The van der Waals surface area contributed by atoms with Crippen molar-refractivity contribution in [2.75, 3.05) is 11.1 Å². The minimum atomic E-state index is -0.207. The van der Waals surface area contributed by atoms with Crippen LogP contribution in [0.25, 0.3) is 0 Å². The van der Waals surface area contributed by atoms with Crippen molar-refractivity contribution in [3.8, 4) is 0 Å². The molecule has 4 nitrogen and oxygen atoms in total. The second-order valence-electron chi connectivity index (χ2n) is 4.53. The summed E-state index contributed by atoms with van der Waals surface area (Å²) in [6.07, 6.45) is 1.68. The van der Waals surface area contributed by atoms with Crippen molar-refractivity contribution in [1.29, 1.82) is 0 Å². The van der Waals surface area contributed by atoms with Gasteiger partial charge in [-0.1, -0.05) is 17.7 Å². The van der Waals surface area contributed by atoms with Crippen molar-refractivity contribution in [1.82, 2.24) is 4.98 Å². The minimum Gasteiger partial charge on any atom is -0.384 e. The summed E-state index contributed by atoms with van der Waals surface area (Å²) >= 11 is 1.45. The smallest absolute Gasteiger partial charge is 0.237 e. The monoisotopic (exact) mass is 287 g/mol. The Balaban J connectivity index is 1.94. The SMILES string of the molecule is Cc1ccc(NC(=O)C(C)Sc2ccc(N)nc2)cc1. The van der Waals surface area contributed by atoms with Gasteiger partial charge in [-0.05, 0) is 38.1 Å². The molecule has 1 atom stereocenters. The maximum Gasteiger partial charge on any atom is 0.237 e. The van der Waals surface area contributed by atoms with E-state index in [1.165, 1.54) is 17.3 Å². The van der Waals surface area contributed by atoms with Gasteiger partial charge in [-0.15, -0.1) is 11.8 Å². The Morgan fingerprint density at radius 2 is 1.95 bits per heavy atom. The van der Waals surface area contributed by atoms with E-state index in [1.54, 1.807) is 12.3 Å². The standard InChI is InChI=1S/C15H17N3OS/c1-10-3-5-12(6-4-10)18-15(19)11(2)20-13-7-8-14(16)17-9-13/h3-9,11H,1-2H3,(H2,16,17)(H,18,19). The first-order chi connectivity index (χ1) is 9.54. The predicted molar refractivity (Wildman–Crippen MR) is 83.8 cm³/mol. The van der Waals surface area contributed by atoms with Gasteiger partial charge in [0.05, 0.1) is 5.25 Å². The molecule has 0 aliphatic heterocycles. The molecule has 0 aliphatic carbocycles. The van der Waals surface area contributed by atoms with Crippen LogP contribution in [0.4, 0.5) is 11.5 Å². The van der Waals surface area contributed by atoms with E-state index >= 15 is 0 Å². The number of pyridine rings is 1. The number of aromatic nitrogens is 1. The Bertz CT molecular complexity index is 581. The highest BCUT2D eigenvalue weighted by Gasteiger charge is 2.14.